The first-order valence-corrected chi connectivity index (χ1v) is 30.6. The van der Waals surface area contributed by atoms with Crippen LogP contribution >= 0.6 is 0 Å². The lowest BCUT2D eigenvalue weighted by Gasteiger charge is -2.38. The minimum atomic E-state index is -0.565. The molecule has 0 fully saturated rings. The Bertz CT molecular complexity index is 5560. The maximum Gasteiger partial charge on any atom is 0.159 e. The molecule has 2 aromatic heterocycles. The normalized spacial score (nSPS) is 12.6. The number of hydrogen-bond acceptors (Lipinski definition) is 4. The molecule has 0 atom stereocenters. The van der Waals surface area contributed by atoms with Crippen molar-refractivity contribution in [1.29, 1.82) is 0 Å². The van der Waals surface area contributed by atoms with Gasteiger partial charge in [0.15, 0.2) is 22.8 Å². The molecule has 0 bridgehead atoms. The van der Waals surface area contributed by atoms with E-state index in [1.807, 2.05) is 182 Å². The van der Waals surface area contributed by atoms with E-state index in [2.05, 4.69) is 134 Å². The Hall–Kier alpha value is -11.3. The van der Waals surface area contributed by atoms with Crippen LogP contribution in [0.1, 0.15) is 30.5 Å². The fourth-order valence-electron chi connectivity index (χ4n) is 14.4. The van der Waals surface area contributed by atoms with Gasteiger partial charge in [0.05, 0.1) is 22.7 Å². The van der Waals surface area contributed by atoms with Crippen molar-refractivity contribution in [3.05, 3.63) is 313 Å². The number of hydrogen-bond donors (Lipinski definition) is 0. The van der Waals surface area contributed by atoms with E-state index >= 15 is 8.78 Å². The summed E-state index contributed by atoms with van der Waals surface area (Å²) in [7, 11) is 0. The summed E-state index contributed by atoms with van der Waals surface area (Å²) in [6, 6.07) is 96.4. The molecule has 1 aliphatic rings. The summed E-state index contributed by atoms with van der Waals surface area (Å²) in [5, 5.41) is 8.22. The van der Waals surface area contributed by atoms with Crippen molar-refractivity contribution in [2.24, 2.45) is 0 Å². The highest BCUT2D eigenvalue weighted by atomic mass is 19.1. The average Bonchev–Trinajstić information content (AvgIpc) is 0.861. The monoisotopic (exact) mass is 1160 g/mol. The van der Waals surface area contributed by atoms with Gasteiger partial charge in [-0.1, -0.05) is 226 Å². The van der Waals surface area contributed by atoms with Crippen LogP contribution in [0.25, 0.3) is 121 Å². The summed E-state index contributed by atoms with van der Waals surface area (Å²) in [6.45, 7) is 6.84. The third kappa shape index (κ3) is 8.25. The Balaban J connectivity index is 0.891. The van der Waals surface area contributed by atoms with E-state index < -0.39 is 5.41 Å². The molecule has 6 heteroatoms. The van der Waals surface area contributed by atoms with Gasteiger partial charge >= 0.3 is 0 Å². The maximum absolute atomic E-state index is 18.4. The van der Waals surface area contributed by atoms with Crippen molar-refractivity contribution in [2.45, 2.75) is 26.2 Å². The smallest absolute Gasteiger partial charge is 0.159 e. The van der Waals surface area contributed by atoms with Gasteiger partial charge in [0.1, 0.15) is 11.2 Å². The first-order valence-electron chi connectivity index (χ1n) is 30.6. The Morgan fingerprint density at radius 3 is 1.27 bits per heavy atom. The number of anilines is 6. The zero-order valence-electron chi connectivity index (χ0n) is 49.6. The molecule has 0 N–H and O–H groups in total. The molecule has 90 heavy (non-hydrogen) atoms. The van der Waals surface area contributed by atoms with Gasteiger partial charge in [-0.25, -0.2) is 8.78 Å². The van der Waals surface area contributed by atoms with Crippen molar-refractivity contribution in [2.75, 3.05) is 9.80 Å². The molecule has 16 aromatic rings. The average molecular weight is 1160 g/mol. The van der Waals surface area contributed by atoms with Gasteiger partial charge in [-0.3, -0.25) is 0 Å². The number of aryl methyl sites for hydroxylation is 1. The molecule has 17 rings (SSSR count). The standard InChI is InChI=1S/C84H56F2N2O2/c1-51-60-43-41-58(87(72-37-21-34-64-61-31-16-18-39-76(61)89-82(64)72)74-47-56(52-23-8-4-9-24-52)45-67(80(74)85)54-27-12-6-13-28-54)49-69(60)63-33-20-36-70-79(63)78(51)66-44-42-59(50-71(66)84(70,2)3)88(73-38-22-35-65-62-32-17-19-40-77(62)90-83(65)73)75-48-57(53-25-10-5-11-26-53)46-68(81(75)86)55-29-14-7-15-30-55/h4-50H,1-3H3. The van der Waals surface area contributed by atoms with E-state index in [0.717, 1.165) is 127 Å². The minimum Gasteiger partial charge on any atom is -0.454 e. The van der Waals surface area contributed by atoms with Gasteiger partial charge in [-0.05, 0) is 162 Å². The third-order valence-electron chi connectivity index (χ3n) is 18.7. The minimum absolute atomic E-state index is 0.348. The van der Waals surface area contributed by atoms with E-state index in [1.54, 1.807) is 0 Å². The van der Waals surface area contributed by atoms with E-state index in [4.69, 9.17) is 8.83 Å². The fourth-order valence-corrected chi connectivity index (χ4v) is 14.4. The molecule has 0 aliphatic heterocycles. The van der Waals surface area contributed by atoms with Gasteiger partial charge < -0.3 is 18.6 Å². The molecular weight excluding hydrogens is 1110 g/mol. The fraction of sp³-hybridized carbons (Fsp3) is 0.0476. The Morgan fingerprint density at radius 2 is 0.744 bits per heavy atom. The first kappa shape index (κ1) is 52.9. The largest absolute Gasteiger partial charge is 0.454 e. The molecule has 0 saturated carbocycles. The second-order valence-electron chi connectivity index (χ2n) is 24.2. The number of para-hydroxylation sites is 4. The van der Waals surface area contributed by atoms with Crippen molar-refractivity contribution >= 4 is 99.5 Å². The SMILES string of the molecule is Cc1c2c3c(cccc3c3cc(N(c4cc(-c5ccccc5)cc(-c5ccccc5)c4F)c4cccc5c4oc4ccccc45)ccc13)C(C)(C)c1cc(N(c3cc(-c4ccccc4)cc(-c4ccccc4)c3F)c3cccc4c3oc3ccccc34)ccc1-2. The lowest BCUT2D eigenvalue weighted by molar-refractivity contribution is 0.631. The second kappa shape index (κ2) is 20.7. The molecule has 0 amide bonds. The number of fused-ring (bicyclic) bond motifs is 10. The van der Waals surface area contributed by atoms with Gasteiger partial charge in [0.25, 0.3) is 0 Å². The highest BCUT2D eigenvalue weighted by Crippen LogP contribution is 2.56. The zero-order chi connectivity index (χ0) is 60.4. The van der Waals surface area contributed by atoms with Gasteiger partial charge in [-0.15, -0.1) is 0 Å². The predicted molar refractivity (Wildman–Crippen MR) is 369 cm³/mol. The Labute approximate surface area is 519 Å². The Morgan fingerprint density at radius 1 is 0.311 bits per heavy atom. The van der Waals surface area contributed by atoms with Crippen molar-refractivity contribution in [3.8, 4) is 55.6 Å². The van der Waals surface area contributed by atoms with Crippen LogP contribution in [-0.4, -0.2) is 0 Å². The molecule has 2 heterocycles. The zero-order valence-corrected chi connectivity index (χ0v) is 49.6. The summed E-state index contributed by atoms with van der Waals surface area (Å²) in [4.78, 5) is 4.13. The summed E-state index contributed by atoms with van der Waals surface area (Å²) in [5.74, 6) is -0.699. The highest BCUT2D eigenvalue weighted by Gasteiger charge is 2.37. The molecule has 428 valence electrons. The molecule has 0 unspecified atom stereocenters. The van der Waals surface area contributed by atoms with Gasteiger partial charge in [-0.2, -0.15) is 0 Å². The highest BCUT2D eigenvalue weighted by molar-refractivity contribution is 6.20. The van der Waals surface area contributed by atoms with Crippen molar-refractivity contribution in [3.63, 3.8) is 0 Å². The van der Waals surface area contributed by atoms with Crippen LogP contribution in [0.15, 0.2) is 294 Å². The van der Waals surface area contributed by atoms with Crippen LogP contribution < -0.4 is 9.80 Å². The molecule has 0 radical (unpaired) electrons. The van der Waals surface area contributed by atoms with Crippen LogP contribution in [0.2, 0.25) is 0 Å². The quantitative estimate of drug-likeness (QED) is 0.128. The number of rotatable bonds is 10. The Kier molecular flexibility index (Phi) is 12.1. The number of furan rings is 2. The number of benzene rings is 14. The van der Waals surface area contributed by atoms with Gasteiger partial charge in [0.2, 0.25) is 0 Å². The van der Waals surface area contributed by atoms with Crippen molar-refractivity contribution < 1.29 is 17.6 Å². The van der Waals surface area contributed by atoms with E-state index in [-0.39, 0.29) is 11.6 Å². The lowest BCUT2D eigenvalue weighted by Crippen LogP contribution is -2.25. The summed E-state index contributed by atoms with van der Waals surface area (Å²) >= 11 is 0. The third-order valence-corrected chi connectivity index (χ3v) is 18.7. The molecule has 14 aromatic carbocycles. The molecule has 0 saturated heterocycles. The van der Waals surface area contributed by atoms with Gasteiger partial charge in [0, 0.05) is 49.5 Å². The van der Waals surface area contributed by atoms with Crippen molar-refractivity contribution in [1.82, 2.24) is 0 Å². The van der Waals surface area contributed by atoms with Crippen LogP contribution in [0.3, 0.4) is 0 Å². The van der Waals surface area contributed by atoms with Crippen LogP contribution in [0.5, 0.6) is 0 Å². The number of nitrogens with zero attached hydrogens (tertiary/aromatic N) is 2. The van der Waals surface area contributed by atoms with Crippen LogP contribution in [-0.2, 0) is 5.41 Å². The first-order chi connectivity index (χ1) is 44.2. The van der Waals surface area contributed by atoms with E-state index in [9.17, 15) is 0 Å². The topological polar surface area (TPSA) is 32.8 Å². The second-order valence-corrected chi connectivity index (χ2v) is 24.2. The predicted octanol–water partition coefficient (Wildman–Crippen LogP) is 24.3. The maximum atomic E-state index is 18.4. The van der Waals surface area contributed by atoms with Crippen LogP contribution in [0.4, 0.5) is 42.9 Å². The molecule has 0 spiro atoms. The summed E-state index contributed by atoms with van der Waals surface area (Å²) in [6.07, 6.45) is 0. The molecule has 4 nitrogen and oxygen atoms in total. The lowest BCUT2D eigenvalue weighted by atomic mass is 9.67. The van der Waals surface area contributed by atoms with Crippen LogP contribution in [0, 0.1) is 18.6 Å². The van der Waals surface area contributed by atoms with E-state index in [0.29, 0.717) is 39.4 Å². The molecule has 1 aliphatic carbocycles. The summed E-state index contributed by atoms with van der Waals surface area (Å²) in [5.41, 5.74) is 17.9. The number of halogens is 2. The van der Waals surface area contributed by atoms with E-state index in [1.165, 1.54) is 5.56 Å². The molecular formula is C84H56F2N2O2. The summed E-state index contributed by atoms with van der Waals surface area (Å²) < 4.78 is 50.5.